The number of nitrogens with one attached hydrogen (secondary N) is 2. The number of urea groups is 1. The van der Waals surface area contributed by atoms with E-state index >= 15 is 0 Å². The molecule has 3 aromatic carbocycles. The van der Waals surface area contributed by atoms with Crippen molar-refractivity contribution in [2.45, 2.75) is 6.92 Å². The van der Waals surface area contributed by atoms with Gasteiger partial charge in [0, 0.05) is 17.8 Å². The first-order valence-corrected chi connectivity index (χ1v) is 11.0. The molecule has 0 atom stereocenters. The van der Waals surface area contributed by atoms with Gasteiger partial charge in [-0.15, -0.1) is 0 Å². The van der Waals surface area contributed by atoms with Gasteiger partial charge in [0.2, 0.25) is 0 Å². The highest BCUT2D eigenvalue weighted by molar-refractivity contribution is 6.39. The van der Waals surface area contributed by atoms with Crippen LogP contribution in [0.25, 0.3) is 6.08 Å². The Morgan fingerprint density at radius 1 is 1.05 bits per heavy atom. The molecule has 0 saturated carbocycles. The number of hydrogen-bond donors (Lipinski definition) is 2. The first-order chi connectivity index (χ1) is 17.7. The summed E-state index contributed by atoms with van der Waals surface area (Å²) in [6.07, 6.45) is 1.28. The van der Waals surface area contributed by atoms with Crippen LogP contribution in [0.15, 0.2) is 78.4 Å². The Morgan fingerprint density at radius 3 is 2.49 bits per heavy atom. The van der Waals surface area contributed by atoms with Crippen molar-refractivity contribution in [1.29, 1.82) is 0 Å². The molecule has 1 fully saturated rings. The zero-order chi connectivity index (χ0) is 26.5. The van der Waals surface area contributed by atoms with E-state index < -0.39 is 22.8 Å². The lowest BCUT2D eigenvalue weighted by Crippen LogP contribution is -2.54. The third kappa shape index (κ3) is 5.85. The fourth-order valence-electron chi connectivity index (χ4n) is 3.53. The number of rotatable bonds is 7. The minimum atomic E-state index is -1.01. The predicted octanol–water partition coefficient (Wildman–Crippen LogP) is 3.59. The van der Waals surface area contributed by atoms with E-state index in [0.29, 0.717) is 21.9 Å². The minimum Gasteiger partial charge on any atom is -0.484 e. The molecular formula is C26H20N4O7. The SMILES string of the molecule is Cc1cccc(NC(=O)COc2ccc(/C=C3\C(=O)NC(=O)N(c4cccc([N+](=O)[O-])c4)C3=O)cc2)c1. The van der Waals surface area contributed by atoms with Gasteiger partial charge in [0.05, 0.1) is 10.6 Å². The smallest absolute Gasteiger partial charge is 0.335 e. The number of nitrogens with zero attached hydrogens (tertiary/aromatic N) is 2. The summed E-state index contributed by atoms with van der Waals surface area (Å²) in [5, 5.41) is 15.9. The van der Waals surface area contributed by atoms with E-state index in [0.717, 1.165) is 11.6 Å². The van der Waals surface area contributed by atoms with Crippen LogP contribution in [0.3, 0.4) is 0 Å². The maximum Gasteiger partial charge on any atom is 0.335 e. The number of ether oxygens (including phenoxy) is 1. The highest BCUT2D eigenvalue weighted by Crippen LogP contribution is 2.26. The Balaban J connectivity index is 1.45. The Bertz CT molecular complexity index is 1450. The third-order valence-electron chi connectivity index (χ3n) is 5.26. The molecule has 4 rings (SSSR count). The summed E-state index contributed by atoms with van der Waals surface area (Å²) >= 11 is 0. The third-order valence-corrected chi connectivity index (χ3v) is 5.26. The average Bonchev–Trinajstić information content (AvgIpc) is 2.86. The number of barbiturate groups is 1. The van der Waals surface area contributed by atoms with E-state index in [1.807, 2.05) is 25.1 Å². The van der Waals surface area contributed by atoms with Gasteiger partial charge < -0.3 is 10.1 Å². The molecule has 186 valence electrons. The van der Waals surface area contributed by atoms with Crippen molar-refractivity contribution >= 4 is 46.9 Å². The second kappa shape index (κ2) is 10.5. The van der Waals surface area contributed by atoms with Crippen LogP contribution < -0.4 is 20.3 Å². The fourth-order valence-corrected chi connectivity index (χ4v) is 3.53. The Hall–Kier alpha value is -5.32. The summed E-state index contributed by atoms with van der Waals surface area (Å²) in [5.41, 5.74) is 1.40. The lowest BCUT2D eigenvalue weighted by molar-refractivity contribution is -0.384. The monoisotopic (exact) mass is 500 g/mol. The van der Waals surface area contributed by atoms with Crippen molar-refractivity contribution < 1.29 is 28.8 Å². The zero-order valence-electron chi connectivity index (χ0n) is 19.5. The van der Waals surface area contributed by atoms with E-state index in [-0.39, 0.29) is 29.5 Å². The molecule has 0 aromatic heterocycles. The lowest BCUT2D eigenvalue weighted by Gasteiger charge is -2.26. The van der Waals surface area contributed by atoms with Crippen molar-refractivity contribution in [3.63, 3.8) is 0 Å². The van der Waals surface area contributed by atoms with Gasteiger partial charge in [-0.3, -0.25) is 29.8 Å². The first-order valence-electron chi connectivity index (χ1n) is 11.0. The van der Waals surface area contributed by atoms with Gasteiger partial charge in [0.25, 0.3) is 23.4 Å². The summed E-state index contributed by atoms with van der Waals surface area (Å²) in [7, 11) is 0. The molecule has 1 aliphatic heterocycles. The van der Waals surface area contributed by atoms with Gasteiger partial charge in [-0.1, -0.05) is 30.3 Å². The Kier molecular flexibility index (Phi) is 7.05. The quantitative estimate of drug-likeness (QED) is 0.218. The zero-order valence-corrected chi connectivity index (χ0v) is 19.5. The molecule has 0 spiro atoms. The fraction of sp³-hybridized carbons (Fsp3) is 0.0769. The van der Waals surface area contributed by atoms with E-state index in [9.17, 15) is 29.3 Å². The van der Waals surface area contributed by atoms with Crippen molar-refractivity contribution in [3.05, 3.63) is 99.6 Å². The van der Waals surface area contributed by atoms with Crippen LogP contribution in [0.4, 0.5) is 21.9 Å². The van der Waals surface area contributed by atoms with E-state index in [2.05, 4.69) is 10.6 Å². The lowest BCUT2D eigenvalue weighted by atomic mass is 10.1. The van der Waals surface area contributed by atoms with Crippen LogP contribution in [0.2, 0.25) is 0 Å². The maximum absolute atomic E-state index is 13.0. The summed E-state index contributed by atoms with van der Waals surface area (Å²) in [5.74, 6) is -1.78. The second-order valence-electron chi connectivity index (χ2n) is 8.01. The maximum atomic E-state index is 13.0. The normalized spacial score (nSPS) is 14.4. The van der Waals surface area contributed by atoms with Crippen LogP contribution in [-0.4, -0.2) is 35.3 Å². The van der Waals surface area contributed by atoms with Crippen LogP contribution in [0.1, 0.15) is 11.1 Å². The first kappa shape index (κ1) is 24.8. The molecule has 11 nitrogen and oxygen atoms in total. The molecule has 0 bridgehead atoms. The molecule has 11 heteroatoms. The highest BCUT2D eigenvalue weighted by Gasteiger charge is 2.37. The number of amides is 5. The van der Waals surface area contributed by atoms with Crippen LogP contribution in [-0.2, 0) is 14.4 Å². The molecule has 1 heterocycles. The van der Waals surface area contributed by atoms with Gasteiger partial charge in [-0.2, -0.15) is 0 Å². The van der Waals surface area contributed by atoms with Crippen molar-refractivity contribution in [2.24, 2.45) is 0 Å². The van der Waals surface area contributed by atoms with Crippen LogP contribution in [0.5, 0.6) is 5.75 Å². The van der Waals surface area contributed by atoms with Crippen molar-refractivity contribution in [3.8, 4) is 5.75 Å². The number of carbonyl (C=O) groups is 4. The summed E-state index contributed by atoms with van der Waals surface area (Å²) < 4.78 is 5.49. The van der Waals surface area contributed by atoms with Gasteiger partial charge in [-0.25, -0.2) is 9.69 Å². The summed E-state index contributed by atoms with van der Waals surface area (Å²) in [4.78, 5) is 60.9. The topological polar surface area (TPSA) is 148 Å². The van der Waals surface area contributed by atoms with Gasteiger partial charge in [-0.05, 0) is 54.5 Å². The number of non-ortho nitro benzene ring substituents is 1. The van der Waals surface area contributed by atoms with Gasteiger partial charge >= 0.3 is 6.03 Å². The molecular weight excluding hydrogens is 480 g/mol. The number of benzene rings is 3. The molecule has 1 saturated heterocycles. The number of nitro benzene ring substituents is 1. The summed E-state index contributed by atoms with van der Waals surface area (Å²) in [6.45, 7) is 1.69. The molecule has 0 radical (unpaired) electrons. The van der Waals surface area contributed by atoms with E-state index in [1.54, 1.807) is 30.3 Å². The van der Waals surface area contributed by atoms with Crippen LogP contribution in [0, 0.1) is 17.0 Å². The number of hydrogen-bond acceptors (Lipinski definition) is 7. The van der Waals surface area contributed by atoms with Gasteiger partial charge in [0.1, 0.15) is 11.3 Å². The van der Waals surface area contributed by atoms with E-state index in [4.69, 9.17) is 4.74 Å². The number of aryl methyl sites for hydroxylation is 1. The molecule has 3 aromatic rings. The largest absolute Gasteiger partial charge is 0.484 e. The standard InChI is InChI=1S/C26H20N4O7/c1-16-4-2-5-18(12-16)27-23(31)15-37-21-10-8-17(9-11-21)13-22-24(32)28-26(34)29(25(22)33)19-6-3-7-20(14-19)30(35)36/h2-14H,15H2,1H3,(H,27,31)(H,28,32,34)/b22-13+. The summed E-state index contributed by atoms with van der Waals surface area (Å²) in [6, 6.07) is 17.5. The van der Waals surface area contributed by atoms with E-state index in [1.165, 1.54) is 24.3 Å². The number of carbonyl (C=O) groups excluding carboxylic acids is 4. The molecule has 1 aliphatic rings. The molecule has 2 N–H and O–H groups in total. The van der Waals surface area contributed by atoms with Crippen molar-refractivity contribution in [1.82, 2.24) is 5.32 Å². The molecule has 0 aliphatic carbocycles. The Labute approximate surface area is 210 Å². The molecule has 5 amide bonds. The number of nitro groups is 1. The minimum absolute atomic E-state index is 0.0530. The van der Waals surface area contributed by atoms with Gasteiger partial charge in [0.15, 0.2) is 6.61 Å². The van der Waals surface area contributed by atoms with Crippen LogP contribution >= 0.6 is 0 Å². The number of anilines is 2. The van der Waals surface area contributed by atoms with Crippen molar-refractivity contribution in [2.75, 3.05) is 16.8 Å². The number of imide groups is 2. The molecule has 0 unspecified atom stereocenters. The predicted molar refractivity (Wildman–Crippen MR) is 134 cm³/mol. The average molecular weight is 500 g/mol. The second-order valence-corrected chi connectivity index (χ2v) is 8.01. The highest BCUT2D eigenvalue weighted by atomic mass is 16.6. The molecule has 37 heavy (non-hydrogen) atoms. The Morgan fingerprint density at radius 2 is 1.78 bits per heavy atom.